The predicted molar refractivity (Wildman–Crippen MR) is 117 cm³/mol. The summed E-state index contributed by atoms with van der Waals surface area (Å²) in [4.78, 5) is 16.7. The fraction of sp³-hybridized carbons (Fsp3) is 0.174. The summed E-state index contributed by atoms with van der Waals surface area (Å²) in [6.07, 6.45) is 2.61. The van der Waals surface area contributed by atoms with Crippen molar-refractivity contribution in [1.82, 2.24) is 29.2 Å². The smallest absolute Gasteiger partial charge is 0.350 e. The third kappa shape index (κ3) is 3.84. The van der Waals surface area contributed by atoms with Gasteiger partial charge in [-0.3, -0.25) is 14.0 Å². The molecule has 1 amide bonds. The van der Waals surface area contributed by atoms with Crippen molar-refractivity contribution in [2.45, 2.75) is 12.7 Å². The molecule has 0 radical (unpaired) electrons. The van der Waals surface area contributed by atoms with E-state index in [2.05, 4.69) is 15.4 Å². The quantitative estimate of drug-likeness (QED) is 0.435. The molecule has 0 spiro atoms. The van der Waals surface area contributed by atoms with Crippen LogP contribution in [0.4, 0.5) is 13.2 Å². The van der Waals surface area contributed by atoms with Crippen molar-refractivity contribution in [3.05, 3.63) is 78.5 Å². The Morgan fingerprint density at radius 1 is 1.09 bits per heavy atom. The first-order valence-electron chi connectivity index (χ1n) is 10.2. The third-order valence-electron chi connectivity index (χ3n) is 5.48. The molecular weight excluding hydrogens is 433 g/mol. The van der Waals surface area contributed by atoms with Crippen LogP contribution in [0, 0.1) is 0 Å². The summed E-state index contributed by atoms with van der Waals surface area (Å²) in [5, 5.41) is 8.99. The zero-order valence-electron chi connectivity index (χ0n) is 17.5. The predicted octanol–water partition coefficient (Wildman–Crippen LogP) is 4.16. The minimum Gasteiger partial charge on any atom is -0.350 e. The van der Waals surface area contributed by atoms with Gasteiger partial charge in [0.1, 0.15) is 0 Å². The highest BCUT2D eigenvalue weighted by molar-refractivity contribution is 6.10. The van der Waals surface area contributed by atoms with Crippen LogP contribution in [0.25, 0.3) is 27.6 Å². The van der Waals surface area contributed by atoms with E-state index in [0.29, 0.717) is 30.0 Å². The van der Waals surface area contributed by atoms with E-state index in [1.54, 1.807) is 47.0 Å². The topological polar surface area (TPSA) is 69.7 Å². The van der Waals surface area contributed by atoms with Gasteiger partial charge in [-0.15, -0.1) is 0 Å². The largest absolute Gasteiger partial charge is 0.416 e. The number of nitrogens with one attached hydrogen (secondary N) is 1. The van der Waals surface area contributed by atoms with Crippen molar-refractivity contribution < 1.29 is 18.0 Å². The van der Waals surface area contributed by atoms with E-state index in [4.69, 9.17) is 0 Å². The molecule has 0 aliphatic rings. The molecule has 0 saturated heterocycles. The minimum atomic E-state index is -4.41. The maximum Gasteiger partial charge on any atom is 0.416 e. The fourth-order valence-electron chi connectivity index (χ4n) is 3.91. The Labute approximate surface area is 186 Å². The number of carbonyl (C=O) groups is 1. The van der Waals surface area contributed by atoms with Crippen LogP contribution < -0.4 is 5.32 Å². The van der Waals surface area contributed by atoms with Crippen LogP contribution in [-0.4, -0.2) is 36.4 Å². The molecule has 0 aliphatic carbocycles. The monoisotopic (exact) mass is 452 g/mol. The Morgan fingerprint density at radius 2 is 1.88 bits per heavy atom. The van der Waals surface area contributed by atoms with Gasteiger partial charge in [-0.1, -0.05) is 0 Å². The zero-order valence-corrected chi connectivity index (χ0v) is 17.5. The second kappa shape index (κ2) is 7.80. The Kier molecular flexibility index (Phi) is 4.92. The van der Waals surface area contributed by atoms with E-state index in [0.717, 1.165) is 28.4 Å². The maximum atomic E-state index is 13.0. The standard InChI is InChI=1S/C23H19F3N6O/c1-30-13-19-18-12-15(22(33)28-9-11-31-10-8-27-14-31)2-7-20(18)32(21(19)29-30)17-5-3-16(4-6-17)23(24,25)26/h2-8,10,12-14H,9,11H2,1H3,(H,28,33). The number of halogens is 3. The van der Waals surface area contributed by atoms with Crippen LogP contribution in [-0.2, 0) is 19.8 Å². The minimum absolute atomic E-state index is 0.212. The normalized spacial score (nSPS) is 12.0. The molecule has 0 bridgehead atoms. The van der Waals surface area contributed by atoms with Gasteiger partial charge in [-0.05, 0) is 42.5 Å². The molecule has 0 aliphatic heterocycles. The SMILES string of the molecule is Cn1cc2c3cc(C(=O)NCCn4ccnc4)ccc3n(-c3ccc(C(F)(F)F)cc3)c2n1. The Hall–Kier alpha value is -4.08. The first-order valence-corrected chi connectivity index (χ1v) is 10.2. The number of nitrogens with zero attached hydrogens (tertiary/aromatic N) is 5. The van der Waals surface area contributed by atoms with Crippen molar-refractivity contribution in [2.75, 3.05) is 6.54 Å². The number of aromatic nitrogens is 5. The molecule has 7 nitrogen and oxygen atoms in total. The number of benzene rings is 2. The highest BCUT2D eigenvalue weighted by Gasteiger charge is 2.30. The fourth-order valence-corrected chi connectivity index (χ4v) is 3.91. The number of hydrogen-bond acceptors (Lipinski definition) is 3. The molecule has 0 saturated carbocycles. The summed E-state index contributed by atoms with van der Waals surface area (Å²) >= 11 is 0. The van der Waals surface area contributed by atoms with E-state index in [-0.39, 0.29) is 5.91 Å². The molecule has 0 atom stereocenters. The first kappa shape index (κ1) is 20.8. The summed E-state index contributed by atoms with van der Waals surface area (Å²) < 4.78 is 44.3. The molecule has 3 heterocycles. The lowest BCUT2D eigenvalue weighted by atomic mass is 10.1. The average Bonchev–Trinajstić information content (AvgIpc) is 3.49. The van der Waals surface area contributed by atoms with Gasteiger partial charge in [-0.2, -0.15) is 18.3 Å². The lowest BCUT2D eigenvalue weighted by molar-refractivity contribution is -0.137. The first-order chi connectivity index (χ1) is 15.8. The number of carbonyl (C=O) groups excluding carboxylic acids is 1. The molecule has 5 rings (SSSR count). The number of hydrogen-bond donors (Lipinski definition) is 1. The molecule has 3 aromatic heterocycles. The van der Waals surface area contributed by atoms with Crippen LogP contribution >= 0.6 is 0 Å². The van der Waals surface area contributed by atoms with Crippen LogP contribution in [0.1, 0.15) is 15.9 Å². The van der Waals surface area contributed by atoms with E-state index in [9.17, 15) is 18.0 Å². The average molecular weight is 452 g/mol. The number of amides is 1. The third-order valence-corrected chi connectivity index (χ3v) is 5.48. The number of imidazole rings is 1. The number of aryl methyl sites for hydroxylation is 1. The molecule has 0 unspecified atom stereocenters. The van der Waals surface area contributed by atoms with Crippen LogP contribution in [0.2, 0.25) is 0 Å². The van der Waals surface area contributed by atoms with E-state index >= 15 is 0 Å². The number of rotatable bonds is 5. The Bertz CT molecular complexity index is 1450. The lowest BCUT2D eigenvalue weighted by Crippen LogP contribution is -2.26. The number of fused-ring (bicyclic) bond motifs is 3. The molecule has 10 heteroatoms. The van der Waals surface area contributed by atoms with E-state index < -0.39 is 11.7 Å². The van der Waals surface area contributed by atoms with E-state index in [1.165, 1.54) is 12.1 Å². The van der Waals surface area contributed by atoms with Gasteiger partial charge in [-0.25, -0.2) is 4.98 Å². The molecule has 5 aromatic rings. The van der Waals surface area contributed by atoms with Crippen molar-refractivity contribution in [3.63, 3.8) is 0 Å². The summed E-state index contributed by atoms with van der Waals surface area (Å²) in [5.74, 6) is -0.212. The molecule has 1 N–H and O–H groups in total. The van der Waals surface area contributed by atoms with Gasteiger partial charge in [0, 0.05) is 60.8 Å². The van der Waals surface area contributed by atoms with Gasteiger partial charge in [0.2, 0.25) is 0 Å². The Morgan fingerprint density at radius 3 is 2.58 bits per heavy atom. The molecule has 0 fully saturated rings. The maximum absolute atomic E-state index is 13.0. The summed E-state index contributed by atoms with van der Waals surface area (Å²) in [5.41, 5.74) is 1.69. The summed E-state index contributed by atoms with van der Waals surface area (Å²) in [7, 11) is 1.77. The highest BCUT2D eigenvalue weighted by atomic mass is 19.4. The Balaban J connectivity index is 1.51. The summed E-state index contributed by atoms with van der Waals surface area (Å²) in [6, 6.07) is 10.2. The van der Waals surface area contributed by atoms with Crippen LogP contribution in [0.15, 0.2) is 67.4 Å². The number of alkyl halides is 3. The van der Waals surface area contributed by atoms with Gasteiger partial charge in [0.25, 0.3) is 5.91 Å². The second-order valence-electron chi connectivity index (χ2n) is 7.71. The summed E-state index contributed by atoms with van der Waals surface area (Å²) in [6.45, 7) is 1.05. The van der Waals surface area contributed by atoms with Crippen LogP contribution in [0.3, 0.4) is 0 Å². The second-order valence-corrected chi connectivity index (χ2v) is 7.71. The van der Waals surface area contributed by atoms with Gasteiger partial charge < -0.3 is 9.88 Å². The molecule has 2 aromatic carbocycles. The van der Waals surface area contributed by atoms with Gasteiger partial charge in [0.05, 0.1) is 17.4 Å². The molecule has 33 heavy (non-hydrogen) atoms. The lowest BCUT2D eigenvalue weighted by Gasteiger charge is -2.10. The molecule has 168 valence electrons. The highest BCUT2D eigenvalue weighted by Crippen LogP contribution is 2.34. The van der Waals surface area contributed by atoms with Crippen molar-refractivity contribution in [1.29, 1.82) is 0 Å². The van der Waals surface area contributed by atoms with Crippen molar-refractivity contribution >= 4 is 27.8 Å². The molecular formula is C23H19F3N6O. The van der Waals surface area contributed by atoms with E-state index in [1.807, 2.05) is 17.0 Å². The zero-order chi connectivity index (χ0) is 23.2. The van der Waals surface area contributed by atoms with Crippen LogP contribution in [0.5, 0.6) is 0 Å². The van der Waals surface area contributed by atoms with Gasteiger partial charge >= 0.3 is 6.18 Å². The van der Waals surface area contributed by atoms with Crippen molar-refractivity contribution in [2.24, 2.45) is 7.05 Å². The van der Waals surface area contributed by atoms with Gasteiger partial charge in [0.15, 0.2) is 5.65 Å². The van der Waals surface area contributed by atoms with Crippen molar-refractivity contribution in [3.8, 4) is 5.69 Å².